The fraction of sp³-hybridized carbons (Fsp3) is 0.833. The second kappa shape index (κ2) is 17.8. The van der Waals surface area contributed by atoms with Gasteiger partial charge in [0.15, 0.2) is 0 Å². The Morgan fingerprint density at radius 2 is 1.04 bits per heavy atom. The SMILES string of the molecule is C=CCCCCCC.C=CCCCCCC.CCCCCCC12OC1O2. The maximum atomic E-state index is 5.15. The van der Waals surface area contributed by atoms with Crippen molar-refractivity contribution in [2.75, 3.05) is 0 Å². The second-order valence-electron chi connectivity index (χ2n) is 7.47. The van der Waals surface area contributed by atoms with Crippen LogP contribution in [0.5, 0.6) is 0 Å². The van der Waals surface area contributed by atoms with Crippen LogP contribution in [0.1, 0.15) is 117 Å². The molecule has 0 atom stereocenters. The predicted molar refractivity (Wildman–Crippen MR) is 115 cm³/mol. The van der Waals surface area contributed by atoms with Crippen molar-refractivity contribution in [2.24, 2.45) is 0 Å². The van der Waals surface area contributed by atoms with Gasteiger partial charge < -0.3 is 9.47 Å². The Kier molecular flexibility index (Phi) is 17.4. The van der Waals surface area contributed by atoms with Crippen molar-refractivity contribution in [2.45, 2.75) is 129 Å². The topological polar surface area (TPSA) is 25.1 Å². The van der Waals surface area contributed by atoms with E-state index in [1.165, 1.54) is 89.9 Å². The van der Waals surface area contributed by atoms with Gasteiger partial charge in [-0.1, -0.05) is 90.7 Å². The summed E-state index contributed by atoms with van der Waals surface area (Å²) in [5.41, 5.74) is 0. The zero-order chi connectivity index (χ0) is 19.5. The van der Waals surface area contributed by atoms with Crippen molar-refractivity contribution in [3.63, 3.8) is 0 Å². The molecule has 2 fully saturated rings. The predicted octanol–water partition coefficient (Wildman–Crippen LogP) is 8.33. The third kappa shape index (κ3) is 14.6. The number of allylic oxidation sites excluding steroid dienone is 2. The molecule has 2 heterocycles. The van der Waals surface area contributed by atoms with E-state index in [1.807, 2.05) is 12.2 Å². The molecule has 0 aromatic carbocycles. The zero-order valence-corrected chi connectivity index (χ0v) is 18.1. The summed E-state index contributed by atoms with van der Waals surface area (Å²) in [5.74, 6) is -0.0340. The first-order chi connectivity index (χ1) is 12.7. The lowest BCUT2D eigenvalue weighted by Crippen LogP contribution is -1.97. The molecule has 2 rings (SSSR count). The number of hydrogen-bond acceptors (Lipinski definition) is 2. The first-order valence-corrected chi connectivity index (χ1v) is 11.3. The van der Waals surface area contributed by atoms with E-state index in [0.717, 1.165) is 6.42 Å². The molecule has 2 aliphatic rings. The van der Waals surface area contributed by atoms with Crippen LogP contribution < -0.4 is 0 Å². The minimum absolute atomic E-state index is 0.0340. The lowest BCUT2D eigenvalue weighted by atomic mass is 10.1. The van der Waals surface area contributed by atoms with Gasteiger partial charge in [0.05, 0.1) is 0 Å². The van der Waals surface area contributed by atoms with Gasteiger partial charge in [0.1, 0.15) is 0 Å². The van der Waals surface area contributed by atoms with Gasteiger partial charge in [-0.3, -0.25) is 0 Å². The highest BCUT2D eigenvalue weighted by atomic mass is 17.0. The van der Waals surface area contributed by atoms with Gasteiger partial charge >= 0.3 is 0 Å². The summed E-state index contributed by atoms with van der Waals surface area (Å²) in [6.45, 7) is 14.0. The number of ether oxygens (including phenoxy) is 2. The van der Waals surface area contributed by atoms with E-state index in [0.29, 0.717) is 0 Å². The minimum atomic E-state index is -0.0340. The van der Waals surface area contributed by atoms with Crippen LogP contribution >= 0.6 is 0 Å². The zero-order valence-electron chi connectivity index (χ0n) is 18.1. The highest BCUT2D eigenvalue weighted by molar-refractivity contribution is 5.02. The van der Waals surface area contributed by atoms with Crippen LogP contribution in [0.25, 0.3) is 0 Å². The van der Waals surface area contributed by atoms with Crippen LogP contribution in [0.15, 0.2) is 25.3 Å². The number of rotatable bonds is 15. The molecule has 26 heavy (non-hydrogen) atoms. The van der Waals surface area contributed by atoms with E-state index in [-0.39, 0.29) is 12.1 Å². The molecule has 0 radical (unpaired) electrons. The average Bonchev–Trinajstić information content (AvgIpc) is 3.51. The number of unbranched alkanes of at least 4 members (excludes halogenated alkanes) is 11. The third-order valence-corrected chi connectivity index (χ3v) is 4.76. The molecule has 0 unspecified atom stereocenters. The van der Waals surface area contributed by atoms with Crippen molar-refractivity contribution in [3.8, 4) is 0 Å². The first kappa shape index (κ1) is 25.4. The molecule has 2 heteroatoms. The molecule has 2 saturated heterocycles. The average molecular weight is 367 g/mol. The maximum absolute atomic E-state index is 5.15. The quantitative estimate of drug-likeness (QED) is 0.165. The summed E-state index contributed by atoms with van der Waals surface area (Å²) in [6.07, 6.45) is 23.8. The first-order valence-electron chi connectivity index (χ1n) is 11.3. The summed E-state index contributed by atoms with van der Waals surface area (Å²) in [7, 11) is 0. The van der Waals surface area contributed by atoms with Gasteiger partial charge in [0.2, 0.25) is 12.1 Å². The van der Waals surface area contributed by atoms with E-state index in [9.17, 15) is 0 Å². The van der Waals surface area contributed by atoms with Crippen LogP contribution in [-0.2, 0) is 9.47 Å². The lowest BCUT2D eigenvalue weighted by Gasteiger charge is -1.98. The highest BCUT2D eigenvalue weighted by Gasteiger charge is 2.76. The minimum Gasteiger partial charge on any atom is -0.310 e. The summed E-state index contributed by atoms with van der Waals surface area (Å²) < 4.78 is 10.3. The van der Waals surface area contributed by atoms with Crippen molar-refractivity contribution < 1.29 is 9.47 Å². The summed E-state index contributed by atoms with van der Waals surface area (Å²) >= 11 is 0. The van der Waals surface area contributed by atoms with Crippen molar-refractivity contribution in [1.29, 1.82) is 0 Å². The van der Waals surface area contributed by atoms with Gasteiger partial charge in [-0.2, -0.15) is 0 Å². The van der Waals surface area contributed by atoms with Gasteiger partial charge in [-0.05, 0) is 32.1 Å². The Labute approximate surface area is 164 Å². The largest absolute Gasteiger partial charge is 0.310 e. The monoisotopic (exact) mass is 366 g/mol. The molecule has 154 valence electrons. The third-order valence-electron chi connectivity index (χ3n) is 4.76. The van der Waals surface area contributed by atoms with E-state index in [4.69, 9.17) is 9.47 Å². The Balaban J connectivity index is 0.000000366. The summed E-state index contributed by atoms with van der Waals surface area (Å²) in [6, 6.07) is 0. The highest BCUT2D eigenvalue weighted by Crippen LogP contribution is 2.59. The number of epoxide rings is 2. The van der Waals surface area contributed by atoms with Gasteiger partial charge in [-0.25, -0.2) is 0 Å². The molecule has 0 amide bonds. The summed E-state index contributed by atoms with van der Waals surface area (Å²) in [5, 5.41) is 0. The molecule has 0 aromatic heterocycles. The number of hydrogen-bond donors (Lipinski definition) is 0. The molecule has 2 aliphatic heterocycles. The Morgan fingerprint density at radius 3 is 1.35 bits per heavy atom. The fourth-order valence-corrected chi connectivity index (χ4v) is 2.77. The van der Waals surface area contributed by atoms with E-state index in [2.05, 4.69) is 33.9 Å². The van der Waals surface area contributed by atoms with E-state index < -0.39 is 0 Å². The maximum Gasteiger partial charge on any atom is 0.225 e. The van der Waals surface area contributed by atoms with Crippen LogP contribution in [0.4, 0.5) is 0 Å². The fourth-order valence-electron chi connectivity index (χ4n) is 2.77. The smallest absolute Gasteiger partial charge is 0.225 e. The second-order valence-corrected chi connectivity index (χ2v) is 7.47. The van der Waals surface area contributed by atoms with E-state index >= 15 is 0 Å². The molecule has 0 bridgehead atoms. The Hall–Kier alpha value is -0.600. The van der Waals surface area contributed by atoms with Gasteiger partial charge in [0, 0.05) is 6.42 Å². The van der Waals surface area contributed by atoms with E-state index in [1.54, 1.807) is 0 Å². The van der Waals surface area contributed by atoms with Gasteiger partial charge in [0.25, 0.3) is 0 Å². The molecular formula is C24H46O2. The van der Waals surface area contributed by atoms with Crippen molar-refractivity contribution >= 4 is 0 Å². The molecule has 0 aliphatic carbocycles. The summed E-state index contributed by atoms with van der Waals surface area (Å²) in [4.78, 5) is 0. The lowest BCUT2D eigenvalue weighted by molar-refractivity contribution is -0.0542. The molecule has 0 aromatic rings. The van der Waals surface area contributed by atoms with Crippen molar-refractivity contribution in [1.82, 2.24) is 0 Å². The normalized spacial score (nSPS) is 21.4. The molecule has 0 N–H and O–H groups in total. The van der Waals surface area contributed by atoms with Gasteiger partial charge in [-0.15, -0.1) is 13.2 Å². The van der Waals surface area contributed by atoms with Crippen molar-refractivity contribution in [3.05, 3.63) is 25.3 Å². The molecule has 0 saturated carbocycles. The molecular weight excluding hydrogens is 320 g/mol. The standard InChI is InChI=1S/C8H14O2.2C8H16/c1-2-3-4-5-6-8-7(9-8)10-8;2*1-3-5-7-8-6-4-2/h7H,2-6H2,1H3;2*3H,1,4-8H2,2H3. The Morgan fingerprint density at radius 1 is 0.654 bits per heavy atom. The molecule has 2 nitrogen and oxygen atoms in total. The van der Waals surface area contributed by atoms with Crippen LogP contribution in [0.3, 0.4) is 0 Å². The number of fused-ring (bicyclic) bond motifs is 1. The molecule has 0 spiro atoms. The Bertz CT molecular complexity index is 302. The van der Waals surface area contributed by atoms with Crippen LogP contribution in [0.2, 0.25) is 0 Å². The van der Waals surface area contributed by atoms with Crippen LogP contribution in [-0.4, -0.2) is 12.1 Å². The van der Waals surface area contributed by atoms with Crippen LogP contribution in [0, 0.1) is 0 Å².